The minimum Gasteiger partial charge on any atom is -0.324 e. The van der Waals surface area contributed by atoms with Crippen molar-refractivity contribution in [3.63, 3.8) is 0 Å². The number of benzene rings is 1. The first-order chi connectivity index (χ1) is 8.12. The smallest absolute Gasteiger partial charge is 0.241 e. The van der Waals surface area contributed by atoms with Crippen molar-refractivity contribution in [2.75, 3.05) is 5.32 Å². The summed E-state index contributed by atoms with van der Waals surface area (Å²) >= 11 is 0. The molecule has 1 aromatic carbocycles. The van der Waals surface area contributed by atoms with Gasteiger partial charge in [-0.25, -0.2) is 0 Å². The standard InChI is InChI=1S/C15H24N2O/c1-9-7-10(2)12(11(3)8-9)17-14(18)13(16)15(4,5)6/h7-8,13H,16H2,1-6H3,(H,17,18). The van der Waals surface area contributed by atoms with E-state index in [-0.39, 0.29) is 11.3 Å². The Balaban J connectivity index is 2.96. The molecule has 18 heavy (non-hydrogen) atoms. The zero-order chi connectivity index (χ0) is 14.1. The average Bonchev–Trinajstić information content (AvgIpc) is 2.20. The zero-order valence-electron chi connectivity index (χ0n) is 12.2. The van der Waals surface area contributed by atoms with Gasteiger partial charge in [-0.3, -0.25) is 4.79 Å². The maximum absolute atomic E-state index is 12.1. The van der Waals surface area contributed by atoms with Crippen LogP contribution in [0.1, 0.15) is 37.5 Å². The van der Waals surface area contributed by atoms with Crippen LogP contribution in [0.4, 0.5) is 5.69 Å². The lowest BCUT2D eigenvalue weighted by Crippen LogP contribution is -2.45. The van der Waals surface area contributed by atoms with E-state index >= 15 is 0 Å². The average molecular weight is 248 g/mol. The van der Waals surface area contributed by atoms with E-state index in [0.717, 1.165) is 16.8 Å². The summed E-state index contributed by atoms with van der Waals surface area (Å²) in [5, 5.41) is 2.95. The summed E-state index contributed by atoms with van der Waals surface area (Å²) in [4.78, 5) is 12.1. The minimum absolute atomic E-state index is 0.127. The van der Waals surface area contributed by atoms with Crippen LogP contribution >= 0.6 is 0 Å². The summed E-state index contributed by atoms with van der Waals surface area (Å²) in [6, 6.07) is 3.61. The number of aryl methyl sites for hydroxylation is 3. The van der Waals surface area contributed by atoms with Gasteiger partial charge in [0.25, 0.3) is 0 Å². The molecular formula is C15H24N2O. The first kappa shape index (κ1) is 14.7. The number of hydrogen-bond donors (Lipinski definition) is 2. The lowest BCUT2D eigenvalue weighted by Gasteiger charge is -2.26. The quantitative estimate of drug-likeness (QED) is 0.845. The molecule has 0 spiro atoms. The van der Waals surface area contributed by atoms with Crippen molar-refractivity contribution in [3.05, 3.63) is 28.8 Å². The van der Waals surface area contributed by atoms with Gasteiger partial charge in [-0.05, 0) is 37.3 Å². The highest BCUT2D eigenvalue weighted by molar-refractivity contribution is 5.96. The molecule has 0 bridgehead atoms. The molecular weight excluding hydrogens is 224 g/mol. The molecule has 0 saturated heterocycles. The van der Waals surface area contributed by atoms with E-state index < -0.39 is 6.04 Å². The third-order valence-corrected chi connectivity index (χ3v) is 3.14. The largest absolute Gasteiger partial charge is 0.324 e. The third-order valence-electron chi connectivity index (χ3n) is 3.14. The van der Waals surface area contributed by atoms with E-state index in [0.29, 0.717) is 0 Å². The number of amides is 1. The number of nitrogens with one attached hydrogen (secondary N) is 1. The molecule has 0 aliphatic carbocycles. The maximum Gasteiger partial charge on any atom is 0.241 e. The topological polar surface area (TPSA) is 55.1 Å². The Bertz CT molecular complexity index is 435. The van der Waals surface area contributed by atoms with Crippen molar-refractivity contribution >= 4 is 11.6 Å². The molecule has 3 heteroatoms. The number of nitrogens with two attached hydrogens (primary N) is 1. The lowest BCUT2D eigenvalue weighted by molar-refractivity contribution is -0.119. The molecule has 3 N–H and O–H groups in total. The second kappa shape index (κ2) is 5.11. The Labute approximate surface area is 110 Å². The maximum atomic E-state index is 12.1. The molecule has 0 aliphatic rings. The highest BCUT2D eigenvalue weighted by atomic mass is 16.2. The number of hydrogen-bond acceptors (Lipinski definition) is 2. The Kier molecular flexibility index (Phi) is 4.17. The van der Waals surface area contributed by atoms with Gasteiger partial charge in [-0.2, -0.15) is 0 Å². The summed E-state index contributed by atoms with van der Waals surface area (Å²) in [6.45, 7) is 11.9. The molecule has 1 atom stereocenters. The van der Waals surface area contributed by atoms with Gasteiger partial charge in [0, 0.05) is 5.69 Å². The molecule has 0 aliphatic heterocycles. The minimum atomic E-state index is -0.516. The molecule has 1 aromatic rings. The number of carbonyl (C=O) groups excluding carboxylic acids is 1. The van der Waals surface area contributed by atoms with Gasteiger partial charge in [0.1, 0.15) is 0 Å². The van der Waals surface area contributed by atoms with Gasteiger partial charge in [0.2, 0.25) is 5.91 Å². The molecule has 1 rings (SSSR count). The van der Waals surface area contributed by atoms with E-state index in [9.17, 15) is 4.79 Å². The zero-order valence-corrected chi connectivity index (χ0v) is 12.2. The van der Waals surface area contributed by atoms with Crippen molar-refractivity contribution in [1.82, 2.24) is 0 Å². The molecule has 0 saturated carbocycles. The monoisotopic (exact) mass is 248 g/mol. The Hall–Kier alpha value is -1.35. The molecule has 1 unspecified atom stereocenters. The molecule has 3 nitrogen and oxygen atoms in total. The predicted molar refractivity (Wildman–Crippen MR) is 76.7 cm³/mol. The van der Waals surface area contributed by atoms with E-state index in [2.05, 4.69) is 17.4 Å². The summed E-state index contributed by atoms with van der Waals surface area (Å²) in [6.07, 6.45) is 0. The Morgan fingerprint density at radius 3 is 2.00 bits per heavy atom. The van der Waals surface area contributed by atoms with E-state index in [4.69, 9.17) is 5.73 Å². The van der Waals surface area contributed by atoms with Gasteiger partial charge >= 0.3 is 0 Å². The molecule has 1 amide bonds. The van der Waals surface area contributed by atoms with Gasteiger partial charge in [0.15, 0.2) is 0 Å². The van der Waals surface area contributed by atoms with E-state index in [1.807, 2.05) is 41.5 Å². The van der Waals surface area contributed by atoms with Crippen molar-refractivity contribution in [1.29, 1.82) is 0 Å². The first-order valence-corrected chi connectivity index (χ1v) is 6.27. The highest BCUT2D eigenvalue weighted by Gasteiger charge is 2.27. The summed E-state index contributed by atoms with van der Waals surface area (Å²) < 4.78 is 0. The third kappa shape index (κ3) is 3.33. The fraction of sp³-hybridized carbons (Fsp3) is 0.533. The SMILES string of the molecule is Cc1cc(C)c(NC(=O)C(N)C(C)(C)C)c(C)c1. The molecule has 0 heterocycles. The van der Waals surface area contributed by atoms with Crippen molar-refractivity contribution in [2.24, 2.45) is 11.1 Å². The van der Waals surface area contributed by atoms with Gasteiger partial charge in [-0.15, -0.1) is 0 Å². The highest BCUT2D eigenvalue weighted by Crippen LogP contribution is 2.24. The lowest BCUT2D eigenvalue weighted by atomic mass is 9.87. The van der Waals surface area contributed by atoms with Gasteiger partial charge < -0.3 is 11.1 Å². The van der Waals surface area contributed by atoms with Crippen LogP contribution in [0.25, 0.3) is 0 Å². The van der Waals surface area contributed by atoms with Gasteiger partial charge in [-0.1, -0.05) is 38.5 Å². The van der Waals surface area contributed by atoms with E-state index in [1.165, 1.54) is 5.56 Å². The van der Waals surface area contributed by atoms with Crippen LogP contribution < -0.4 is 11.1 Å². The van der Waals surface area contributed by atoms with Crippen LogP contribution in [-0.2, 0) is 4.79 Å². The summed E-state index contributed by atoms with van der Waals surface area (Å²) in [7, 11) is 0. The van der Waals surface area contributed by atoms with Gasteiger partial charge in [0.05, 0.1) is 6.04 Å². The second-order valence-electron chi connectivity index (χ2n) is 6.11. The number of carbonyl (C=O) groups is 1. The number of anilines is 1. The van der Waals surface area contributed by atoms with Crippen LogP contribution in [-0.4, -0.2) is 11.9 Å². The fourth-order valence-electron chi connectivity index (χ4n) is 1.97. The summed E-state index contributed by atoms with van der Waals surface area (Å²) in [5.74, 6) is -0.127. The van der Waals surface area contributed by atoms with Crippen LogP contribution in [0.2, 0.25) is 0 Å². The normalized spacial score (nSPS) is 13.3. The number of rotatable bonds is 2. The van der Waals surface area contributed by atoms with Crippen molar-refractivity contribution < 1.29 is 4.79 Å². The Morgan fingerprint density at radius 2 is 1.61 bits per heavy atom. The Morgan fingerprint density at radius 1 is 1.17 bits per heavy atom. The fourth-order valence-corrected chi connectivity index (χ4v) is 1.97. The van der Waals surface area contributed by atoms with Crippen LogP contribution in [0, 0.1) is 26.2 Å². The second-order valence-corrected chi connectivity index (χ2v) is 6.11. The molecule has 100 valence electrons. The molecule has 0 radical (unpaired) electrons. The van der Waals surface area contributed by atoms with Crippen molar-refractivity contribution in [3.8, 4) is 0 Å². The summed E-state index contributed by atoms with van der Waals surface area (Å²) in [5.41, 5.74) is 9.94. The predicted octanol–water partition coefficient (Wildman–Crippen LogP) is 2.92. The first-order valence-electron chi connectivity index (χ1n) is 6.27. The van der Waals surface area contributed by atoms with E-state index in [1.54, 1.807) is 0 Å². The van der Waals surface area contributed by atoms with Crippen molar-refractivity contribution in [2.45, 2.75) is 47.6 Å². The van der Waals surface area contributed by atoms with Crippen LogP contribution in [0.15, 0.2) is 12.1 Å². The van der Waals surface area contributed by atoms with Crippen LogP contribution in [0.5, 0.6) is 0 Å². The van der Waals surface area contributed by atoms with Crippen LogP contribution in [0.3, 0.4) is 0 Å². The molecule has 0 aromatic heterocycles. The molecule has 0 fully saturated rings.